The summed E-state index contributed by atoms with van der Waals surface area (Å²) in [6.07, 6.45) is 8.30. The Hall–Kier alpha value is -0.0500. The molecule has 19 heavy (non-hydrogen) atoms. The van der Waals surface area contributed by atoms with E-state index in [0.717, 1.165) is 18.8 Å². The molecule has 0 aliphatic heterocycles. The minimum atomic E-state index is 0.154. The van der Waals surface area contributed by atoms with Gasteiger partial charge in [-0.15, -0.1) is 11.3 Å². The zero-order valence-electron chi connectivity index (χ0n) is 11.3. The first-order valence-electron chi connectivity index (χ1n) is 7.10. The van der Waals surface area contributed by atoms with Gasteiger partial charge in [-0.25, -0.2) is 0 Å². The predicted octanol–water partition coefficient (Wildman–Crippen LogP) is 6.23. The molecule has 0 N–H and O–H groups in total. The van der Waals surface area contributed by atoms with Gasteiger partial charge in [0.15, 0.2) is 5.78 Å². The van der Waals surface area contributed by atoms with E-state index in [1.807, 2.05) is 0 Å². The molecule has 1 nitrogen and oxygen atoms in total. The summed E-state index contributed by atoms with van der Waals surface area (Å²) in [6, 6.07) is 1.72. The average molecular weight is 319 g/mol. The van der Waals surface area contributed by atoms with Crippen LogP contribution in [0.25, 0.3) is 0 Å². The Kier molecular flexibility index (Phi) is 5.73. The maximum Gasteiger partial charge on any atom is 0.168 e. The number of hydrogen-bond acceptors (Lipinski definition) is 2. The van der Waals surface area contributed by atoms with Crippen LogP contribution in [0.15, 0.2) is 6.07 Å². The molecule has 1 aromatic heterocycles. The van der Waals surface area contributed by atoms with Crippen LogP contribution in [0.3, 0.4) is 0 Å². The third kappa shape index (κ3) is 3.96. The molecule has 0 aromatic carbocycles. The monoisotopic (exact) mass is 318 g/mol. The van der Waals surface area contributed by atoms with E-state index >= 15 is 0 Å². The van der Waals surface area contributed by atoms with E-state index in [9.17, 15) is 4.79 Å². The molecular formula is C15H20Cl2OS. The molecule has 106 valence electrons. The summed E-state index contributed by atoms with van der Waals surface area (Å²) in [5.41, 5.74) is 0.633. The lowest BCUT2D eigenvalue weighted by Crippen LogP contribution is -2.22. The number of thiophene rings is 1. The van der Waals surface area contributed by atoms with Gasteiger partial charge in [0, 0.05) is 11.5 Å². The van der Waals surface area contributed by atoms with Crippen molar-refractivity contribution in [1.82, 2.24) is 0 Å². The second kappa shape index (κ2) is 7.10. The van der Waals surface area contributed by atoms with Crippen LogP contribution < -0.4 is 0 Å². The third-order valence-electron chi connectivity index (χ3n) is 4.11. The van der Waals surface area contributed by atoms with Crippen LogP contribution >= 0.6 is 34.5 Å². The lowest BCUT2D eigenvalue weighted by atomic mass is 9.77. The fraction of sp³-hybridized carbons (Fsp3) is 0.667. The van der Waals surface area contributed by atoms with E-state index in [-0.39, 0.29) is 11.7 Å². The summed E-state index contributed by atoms with van der Waals surface area (Å²) in [6.45, 7) is 2.23. The number of unbranched alkanes of at least 4 members (excludes halogenated alkanes) is 1. The molecule has 4 heteroatoms. The van der Waals surface area contributed by atoms with Gasteiger partial charge in [-0.3, -0.25) is 4.79 Å². The molecule has 1 aliphatic carbocycles. The summed E-state index contributed by atoms with van der Waals surface area (Å²) < 4.78 is 1.15. The van der Waals surface area contributed by atoms with Crippen molar-refractivity contribution in [1.29, 1.82) is 0 Å². The highest BCUT2D eigenvalue weighted by Gasteiger charge is 2.28. The highest BCUT2D eigenvalue weighted by atomic mass is 35.5. The Balaban J connectivity index is 1.91. The SMILES string of the molecule is CCCCC1CCC(C(=O)c2cc(Cl)sc2Cl)CC1. The predicted molar refractivity (Wildman–Crippen MR) is 83.6 cm³/mol. The van der Waals surface area contributed by atoms with E-state index in [0.29, 0.717) is 14.2 Å². The molecule has 1 fully saturated rings. The highest BCUT2D eigenvalue weighted by Crippen LogP contribution is 2.37. The highest BCUT2D eigenvalue weighted by molar-refractivity contribution is 7.20. The fourth-order valence-corrected chi connectivity index (χ4v) is 4.41. The molecule has 0 atom stereocenters. The van der Waals surface area contributed by atoms with Gasteiger partial charge >= 0.3 is 0 Å². The number of carbonyl (C=O) groups is 1. The lowest BCUT2D eigenvalue weighted by Gasteiger charge is -2.27. The standard InChI is InChI=1S/C15H20Cl2OS/c1-2-3-4-10-5-7-11(8-6-10)14(18)12-9-13(16)19-15(12)17/h9-11H,2-8H2,1H3. The maximum absolute atomic E-state index is 12.4. The van der Waals surface area contributed by atoms with Crippen LogP contribution in [0.2, 0.25) is 8.67 Å². The molecule has 1 heterocycles. The maximum atomic E-state index is 12.4. The Morgan fingerprint density at radius 1 is 1.32 bits per heavy atom. The van der Waals surface area contributed by atoms with Crippen molar-refractivity contribution in [3.8, 4) is 0 Å². The minimum Gasteiger partial charge on any atom is -0.294 e. The van der Waals surface area contributed by atoms with Gasteiger partial charge in [0.1, 0.15) is 4.34 Å². The number of hydrogen-bond donors (Lipinski definition) is 0. The van der Waals surface area contributed by atoms with Crippen LogP contribution in [0.4, 0.5) is 0 Å². The molecule has 0 spiro atoms. The van der Waals surface area contributed by atoms with Crippen molar-refractivity contribution in [3.63, 3.8) is 0 Å². The van der Waals surface area contributed by atoms with Crippen LogP contribution in [-0.4, -0.2) is 5.78 Å². The zero-order valence-corrected chi connectivity index (χ0v) is 13.6. The van der Waals surface area contributed by atoms with E-state index in [4.69, 9.17) is 23.2 Å². The summed E-state index contributed by atoms with van der Waals surface area (Å²) in [4.78, 5) is 12.4. The Morgan fingerprint density at radius 2 is 2.00 bits per heavy atom. The molecule has 1 aliphatic rings. The second-order valence-electron chi connectivity index (χ2n) is 5.46. The molecule has 0 saturated heterocycles. The summed E-state index contributed by atoms with van der Waals surface area (Å²) in [5, 5.41) is 0. The third-order valence-corrected chi connectivity index (χ3v) is 5.59. The molecule has 0 radical (unpaired) electrons. The summed E-state index contributed by atoms with van der Waals surface area (Å²) in [5.74, 6) is 1.17. The van der Waals surface area contributed by atoms with Gasteiger partial charge in [-0.2, -0.15) is 0 Å². The molecule has 1 saturated carbocycles. The van der Waals surface area contributed by atoms with E-state index < -0.39 is 0 Å². The Labute approximate surface area is 129 Å². The van der Waals surface area contributed by atoms with Gasteiger partial charge in [0.05, 0.1) is 4.34 Å². The van der Waals surface area contributed by atoms with E-state index in [1.54, 1.807) is 6.07 Å². The second-order valence-corrected chi connectivity index (χ2v) is 7.75. The van der Waals surface area contributed by atoms with Crippen LogP contribution in [0.5, 0.6) is 0 Å². The van der Waals surface area contributed by atoms with Crippen molar-refractivity contribution >= 4 is 40.3 Å². The summed E-state index contributed by atoms with van der Waals surface area (Å²) in [7, 11) is 0. The van der Waals surface area contributed by atoms with Crippen LogP contribution in [-0.2, 0) is 0 Å². The molecule has 2 rings (SSSR count). The van der Waals surface area contributed by atoms with E-state index in [2.05, 4.69) is 6.92 Å². The first kappa shape index (κ1) is 15.3. The number of ketones is 1. The van der Waals surface area contributed by atoms with Gasteiger partial charge in [0.2, 0.25) is 0 Å². The van der Waals surface area contributed by atoms with Gasteiger partial charge in [-0.1, -0.05) is 49.4 Å². The van der Waals surface area contributed by atoms with Crippen LogP contribution in [0, 0.1) is 11.8 Å². The quantitative estimate of drug-likeness (QED) is 0.588. The van der Waals surface area contributed by atoms with Crippen molar-refractivity contribution in [2.45, 2.75) is 51.9 Å². The average Bonchev–Trinajstić information content (AvgIpc) is 2.75. The van der Waals surface area contributed by atoms with Crippen molar-refractivity contribution in [2.75, 3.05) is 0 Å². The van der Waals surface area contributed by atoms with Gasteiger partial charge in [-0.05, 0) is 37.7 Å². The molecule has 0 unspecified atom stereocenters. The molecule has 1 aromatic rings. The number of rotatable bonds is 5. The molecule has 0 amide bonds. The Bertz CT molecular complexity index is 433. The van der Waals surface area contributed by atoms with Crippen molar-refractivity contribution in [2.24, 2.45) is 11.8 Å². The van der Waals surface area contributed by atoms with Crippen molar-refractivity contribution in [3.05, 3.63) is 20.3 Å². The van der Waals surface area contributed by atoms with Gasteiger partial charge in [0.25, 0.3) is 0 Å². The number of Topliss-reactive ketones (excluding diaryl/α,β-unsaturated/α-hetero) is 1. The first-order chi connectivity index (χ1) is 9.11. The molecular weight excluding hydrogens is 299 g/mol. The largest absolute Gasteiger partial charge is 0.294 e. The molecule has 0 bridgehead atoms. The topological polar surface area (TPSA) is 17.1 Å². The fourth-order valence-electron chi connectivity index (χ4n) is 2.93. The number of halogens is 2. The van der Waals surface area contributed by atoms with Gasteiger partial charge < -0.3 is 0 Å². The Morgan fingerprint density at radius 3 is 2.53 bits per heavy atom. The lowest BCUT2D eigenvalue weighted by molar-refractivity contribution is 0.0870. The van der Waals surface area contributed by atoms with Crippen molar-refractivity contribution < 1.29 is 4.79 Å². The van der Waals surface area contributed by atoms with Crippen LogP contribution in [0.1, 0.15) is 62.2 Å². The minimum absolute atomic E-state index is 0.154. The normalized spacial score (nSPS) is 23.5. The smallest absolute Gasteiger partial charge is 0.168 e. The zero-order chi connectivity index (χ0) is 13.8. The summed E-state index contributed by atoms with van der Waals surface area (Å²) >= 11 is 13.3. The first-order valence-corrected chi connectivity index (χ1v) is 8.68. The number of carbonyl (C=O) groups excluding carboxylic acids is 1. The van der Waals surface area contributed by atoms with E-state index in [1.165, 1.54) is 43.4 Å².